The number of likely N-dealkylation sites (N-methyl/N-ethyl adjacent to an activating group) is 2. The molecule has 0 aromatic heterocycles. The first-order valence-electron chi connectivity index (χ1n) is 8.11. The molecule has 0 bridgehead atoms. The van der Waals surface area contributed by atoms with Gasteiger partial charge >= 0.3 is 6.09 Å². The minimum absolute atomic E-state index is 0.241. The maximum atomic E-state index is 11.9. The van der Waals surface area contributed by atoms with Crippen LogP contribution in [0, 0.1) is 5.92 Å². The number of nitrogens with zero attached hydrogens (tertiary/aromatic N) is 2. The van der Waals surface area contributed by atoms with Crippen LogP contribution >= 0.6 is 0 Å². The van der Waals surface area contributed by atoms with Crippen molar-refractivity contribution in [1.29, 1.82) is 0 Å². The Kier molecular flexibility index (Phi) is 7.46. The zero-order valence-corrected chi connectivity index (χ0v) is 14.4. The average Bonchev–Trinajstić information content (AvgIpc) is 2.41. The van der Waals surface area contributed by atoms with Crippen molar-refractivity contribution < 1.29 is 9.53 Å². The molecular weight excluding hydrogens is 266 g/mol. The van der Waals surface area contributed by atoms with Gasteiger partial charge in [0.2, 0.25) is 0 Å². The molecule has 0 spiro atoms. The van der Waals surface area contributed by atoms with E-state index in [0.717, 1.165) is 32.1 Å². The van der Waals surface area contributed by atoms with E-state index in [2.05, 4.69) is 17.3 Å². The van der Waals surface area contributed by atoms with Gasteiger partial charge in [-0.05, 0) is 72.6 Å². The number of hydrogen-bond acceptors (Lipinski definition) is 4. The van der Waals surface area contributed by atoms with Gasteiger partial charge in [-0.15, -0.1) is 0 Å². The summed E-state index contributed by atoms with van der Waals surface area (Å²) in [5, 5.41) is 3.40. The molecule has 5 nitrogen and oxygen atoms in total. The number of rotatable bonds is 6. The summed E-state index contributed by atoms with van der Waals surface area (Å²) in [5.74, 6) is 0.859. The molecule has 1 rings (SSSR count). The lowest BCUT2D eigenvalue weighted by Crippen LogP contribution is -2.39. The van der Waals surface area contributed by atoms with Crippen molar-refractivity contribution in [3.8, 4) is 0 Å². The molecule has 21 heavy (non-hydrogen) atoms. The topological polar surface area (TPSA) is 44.8 Å². The highest BCUT2D eigenvalue weighted by molar-refractivity contribution is 5.67. The summed E-state index contributed by atoms with van der Waals surface area (Å²) in [6.07, 6.45) is 3.61. The molecule has 1 aliphatic rings. The van der Waals surface area contributed by atoms with Crippen molar-refractivity contribution in [2.75, 3.05) is 46.8 Å². The van der Waals surface area contributed by atoms with Gasteiger partial charge in [-0.3, -0.25) is 0 Å². The fourth-order valence-corrected chi connectivity index (χ4v) is 2.44. The maximum Gasteiger partial charge on any atom is 0.410 e. The molecule has 1 amide bonds. The van der Waals surface area contributed by atoms with Gasteiger partial charge in [-0.1, -0.05) is 0 Å². The largest absolute Gasteiger partial charge is 0.444 e. The molecule has 0 aliphatic carbocycles. The van der Waals surface area contributed by atoms with Crippen molar-refractivity contribution in [3.05, 3.63) is 0 Å². The zero-order valence-electron chi connectivity index (χ0n) is 14.4. The summed E-state index contributed by atoms with van der Waals surface area (Å²) < 4.78 is 5.35. The second-order valence-corrected chi connectivity index (χ2v) is 7.19. The highest BCUT2D eigenvalue weighted by Gasteiger charge is 2.19. The van der Waals surface area contributed by atoms with E-state index in [1.54, 1.807) is 11.9 Å². The van der Waals surface area contributed by atoms with Gasteiger partial charge in [0.1, 0.15) is 5.60 Å². The lowest BCUT2D eigenvalue weighted by Gasteiger charge is -2.27. The molecular formula is C16H33N3O2. The summed E-state index contributed by atoms with van der Waals surface area (Å²) in [4.78, 5) is 15.8. The molecule has 0 aromatic rings. The number of nitrogens with one attached hydrogen (secondary N) is 1. The van der Waals surface area contributed by atoms with Gasteiger partial charge in [0, 0.05) is 20.1 Å². The van der Waals surface area contributed by atoms with Crippen LogP contribution < -0.4 is 5.32 Å². The minimum Gasteiger partial charge on any atom is -0.444 e. The first-order chi connectivity index (χ1) is 9.78. The van der Waals surface area contributed by atoms with E-state index in [-0.39, 0.29) is 6.09 Å². The third-order valence-electron chi connectivity index (χ3n) is 3.90. The standard InChI is InChI=1S/C16H33N3O2/c1-16(2,3)21-15(20)19(5)13-12-18(4)11-8-14-6-9-17-10-7-14/h14,17H,6-13H2,1-5H3. The van der Waals surface area contributed by atoms with E-state index in [1.807, 2.05) is 20.8 Å². The average molecular weight is 299 g/mol. The van der Waals surface area contributed by atoms with Crippen LogP contribution in [0.2, 0.25) is 0 Å². The smallest absolute Gasteiger partial charge is 0.410 e. The molecule has 1 fully saturated rings. The van der Waals surface area contributed by atoms with Gasteiger partial charge < -0.3 is 19.9 Å². The lowest BCUT2D eigenvalue weighted by atomic mass is 9.94. The Balaban J connectivity index is 2.16. The number of piperidine rings is 1. The van der Waals surface area contributed by atoms with E-state index in [1.165, 1.54) is 19.3 Å². The summed E-state index contributed by atoms with van der Waals surface area (Å²) in [5.41, 5.74) is -0.424. The number of carbonyl (C=O) groups excluding carboxylic acids is 1. The van der Waals surface area contributed by atoms with Gasteiger partial charge in [0.05, 0.1) is 0 Å². The zero-order chi connectivity index (χ0) is 15.9. The van der Waals surface area contributed by atoms with Crippen molar-refractivity contribution >= 4 is 6.09 Å². The molecule has 0 atom stereocenters. The van der Waals surface area contributed by atoms with Crippen LogP contribution in [0.1, 0.15) is 40.0 Å². The highest BCUT2D eigenvalue weighted by Crippen LogP contribution is 2.16. The summed E-state index contributed by atoms with van der Waals surface area (Å²) in [6, 6.07) is 0. The van der Waals surface area contributed by atoms with E-state index in [0.29, 0.717) is 6.54 Å². The first kappa shape index (κ1) is 18.2. The quantitative estimate of drug-likeness (QED) is 0.816. The van der Waals surface area contributed by atoms with Gasteiger partial charge in [0.15, 0.2) is 0 Å². The third-order valence-corrected chi connectivity index (χ3v) is 3.90. The Morgan fingerprint density at radius 1 is 1.14 bits per heavy atom. The Labute approximate surface area is 130 Å². The highest BCUT2D eigenvalue weighted by atomic mass is 16.6. The normalized spacial score (nSPS) is 17.0. The van der Waals surface area contributed by atoms with Crippen LogP contribution in [0.15, 0.2) is 0 Å². The molecule has 0 radical (unpaired) electrons. The van der Waals surface area contributed by atoms with E-state index < -0.39 is 5.60 Å². The fraction of sp³-hybridized carbons (Fsp3) is 0.938. The Morgan fingerprint density at radius 2 is 1.76 bits per heavy atom. The monoisotopic (exact) mass is 299 g/mol. The SMILES string of the molecule is CN(CCC1CCNCC1)CCN(C)C(=O)OC(C)(C)C. The predicted octanol–water partition coefficient (Wildman–Crippen LogP) is 2.17. The summed E-state index contributed by atoms with van der Waals surface area (Å²) in [7, 11) is 3.93. The van der Waals surface area contributed by atoms with Gasteiger partial charge in [-0.25, -0.2) is 4.79 Å². The third kappa shape index (κ3) is 8.27. The van der Waals surface area contributed by atoms with E-state index in [9.17, 15) is 4.79 Å². The minimum atomic E-state index is -0.424. The van der Waals surface area contributed by atoms with E-state index >= 15 is 0 Å². The molecule has 1 saturated heterocycles. The van der Waals surface area contributed by atoms with Crippen LogP contribution in [0.25, 0.3) is 0 Å². The second-order valence-electron chi connectivity index (χ2n) is 7.19. The first-order valence-corrected chi connectivity index (χ1v) is 8.11. The van der Waals surface area contributed by atoms with Crippen LogP contribution in [0.5, 0.6) is 0 Å². The summed E-state index contributed by atoms with van der Waals surface area (Å²) in [6.45, 7) is 10.7. The molecule has 124 valence electrons. The fourth-order valence-electron chi connectivity index (χ4n) is 2.44. The van der Waals surface area contributed by atoms with Gasteiger partial charge in [0.25, 0.3) is 0 Å². The summed E-state index contributed by atoms with van der Waals surface area (Å²) >= 11 is 0. The molecule has 1 N–H and O–H groups in total. The lowest BCUT2D eigenvalue weighted by molar-refractivity contribution is 0.0286. The van der Waals surface area contributed by atoms with Crippen LogP contribution in [0.3, 0.4) is 0 Å². The number of hydrogen-bond donors (Lipinski definition) is 1. The van der Waals surface area contributed by atoms with Crippen molar-refractivity contribution in [1.82, 2.24) is 15.1 Å². The molecule has 0 unspecified atom stereocenters. The molecule has 0 saturated carbocycles. The molecule has 1 heterocycles. The van der Waals surface area contributed by atoms with E-state index in [4.69, 9.17) is 4.74 Å². The van der Waals surface area contributed by atoms with Crippen LogP contribution in [-0.2, 0) is 4.74 Å². The maximum absolute atomic E-state index is 11.9. The number of carbonyl (C=O) groups is 1. The number of ether oxygens (including phenoxy) is 1. The molecule has 5 heteroatoms. The second kappa shape index (κ2) is 8.59. The molecule has 0 aromatic carbocycles. The Morgan fingerprint density at radius 3 is 2.33 bits per heavy atom. The van der Waals surface area contributed by atoms with Crippen molar-refractivity contribution in [3.63, 3.8) is 0 Å². The molecule has 1 aliphatic heterocycles. The number of amides is 1. The van der Waals surface area contributed by atoms with Gasteiger partial charge in [-0.2, -0.15) is 0 Å². The van der Waals surface area contributed by atoms with Crippen molar-refractivity contribution in [2.24, 2.45) is 5.92 Å². The Bertz CT molecular complexity index is 309. The predicted molar refractivity (Wildman–Crippen MR) is 86.6 cm³/mol. The van der Waals surface area contributed by atoms with Crippen LogP contribution in [-0.4, -0.2) is 68.3 Å². The van der Waals surface area contributed by atoms with Crippen LogP contribution in [0.4, 0.5) is 4.79 Å². The Hall–Kier alpha value is -0.810. The van der Waals surface area contributed by atoms with Crippen molar-refractivity contribution in [2.45, 2.75) is 45.6 Å².